The lowest BCUT2D eigenvalue weighted by Crippen LogP contribution is -2.05. The van der Waals surface area contributed by atoms with Crippen LogP contribution in [0.3, 0.4) is 0 Å². The van der Waals surface area contributed by atoms with Crippen molar-refractivity contribution in [1.29, 1.82) is 0 Å². The van der Waals surface area contributed by atoms with E-state index in [1.807, 2.05) is 0 Å². The predicted octanol–water partition coefficient (Wildman–Crippen LogP) is 3.21. The van der Waals surface area contributed by atoms with Crippen LogP contribution in [0.2, 0.25) is 0 Å². The molecule has 1 aliphatic rings. The lowest BCUT2D eigenvalue weighted by molar-refractivity contribution is 0.180. The van der Waals surface area contributed by atoms with Gasteiger partial charge in [-0.15, -0.1) is 0 Å². The molecule has 1 aromatic heterocycles. The molecule has 1 saturated carbocycles. The number of aliphatic hydroxyl groups is 1. The molecule has 0 aromatic carbocycles. The third-order valence-corrected chi connectivity index (χ3v) is 3.73. The molecule has 18 heavy (non-hydrogen) atoms. The van der Waals surface area contributed by atoms with Gasteiger partial charge in [0.25, 0.3) is 0 Å². The largest absolute Gasteiger partial charge is 0.393 e. The Balaban J connectivity index is 1.90. The van der Waals surface area contributed by atoms with E-state index < -0.39 is 0 Å². The Morgan fingerprint density at radius 2 is 1.89 bits per heavy atom. The molecule has 4 nitrogen and oxygen atoms in total. The fourth-order valence-corrected chi connectivity index (χ4v) is 2.58. The summed E-state index contributed by atoms with van der Waals surface area (Å²) in [6, 6.07) is 0. The number of aromatic nitrogens is 2. The van der Waals surface area contributed by atoms with Crippen LogP contribution in [-0.4, -0.2) is 21.4 Å². The number of aryl methyl sites for hydroxylation is 1. The number of rotatable bonds is 4. The predicted molar refractivity (Wildman–Crippen MR) is 69.4 cm³/mol. The van der Waals surface area contributed by atoms with Crippen molar-refractivity contribution in [3.05, 3.63) is 11.7 Å². The summed E-state index contributed by atoms with van der Waals surface area (Å²) in [5.41, 5.74) is 0. The minimum Gasteiger partial charge on any atom is -0.393 e. The monoisotopic (exact) mass is 252 g/mol. The first-order valence-corrected chi connectivity index (χ1v) is 7.26. The zero-order valence-corrected chi connectivity index (χ0v) is 11.3. The first kappa shape index (κ1) is 13.5. The minimum absolute atomic E-state index is 0.304. The van der Waals surface area contributed by atoms with Crippen LogP contribution in [0.4, 0.5) is 0 Å². The molecule has 4 heteroatoms. The van der Waals surface area contributed by atoms with Crippen molar-refractivity contribution in [1.82, 2.24) is 10.1 Å². The highest BCUT2D eigenvalue weighted by Gasteiger charge is 2.19. The second-order valence-corrected chi connectivity index (χ2v) is 5.48. The molecular formula is C14H24N2O2. The van der Waals surface area contributed by atoms with Crippen LogP contribution in [0.5, 0.6) is 0 Å². The maximum absolute atomic E-state index is 9.25. The quantitative estimate of drug-likeness (QED) is 0.894. The van der Waals surface area contributed by atoms with E-state index in [1.165, 1.54) is 44.9 Å². The molecule has 1 atom stereocenters. The number of nitrogens with zero attached hydrogens (tertiary/aromatic N) is 2. The summed E-state index contributed by atoms with van der Waals surface area (Å²) >= 11 is 0. The highest BCUT2D eigenvalue weighted by molar-refractivity contribution is 4.96. The van der Waals surface area contributed by atoms with Crippen LogP contribution in [0.15, 0.2) is 4.52 Å². The van der Waals surface area contributed by atoms with Gasteiger partial charge in [0.1, 0.15) is 0 Å². The van der Waals surface area contributed by atoms with Crippen molar-refractivity contribution >= 4 is 0 Å². The molecule has 0 spiro atoms. The standard InChI is InChI=1S/C14H24N2O2/c1-11(17)9-10-13-15-14(16-18-13)12-7-5-3-2-4-6-8-12/h11-12,17H,2-10H2,1H3. The third kappa shape index (κ3) is 4.09. The molecule has 1 aromatic rings. The Morgan fingerprint density at radius 3 is 2.56 bits per heavy atom. The second-order valence-electron chi connectivity index (χ2n) is 5.48. The molecule has 0 amide bonds. The van der Waals surface area contributed by atoms with Gasteiger partial charge in [-0.05, 0) is 26.2 Å². The maximum Gasteiger partial charge on any atom is 0.226 e. The molecule has 1 N–H and O–H groups in total. The highest BCUT2D eigenvalue weighted by atomic mass is 16.5. The lowest BCUT2D eigenvalue weighted by atomic mass is 9.91. The molecule has 102 valence electrons. The van der Waals surface area contributed by atoms with E-state index in [9.17, 15) is 5.11 Å². The van der Waals surface area contributed by atoms with Crippen molar-refractivity contribution < 1.29 is 9.63 Å². The van der Waals surface area contributed by atoms with E-state index in [2.05, 4.69) is 10.1 Å². The van der Waals surface area contributed by atoms with Crippen LogP contribution in [0, 0.1) is 0 Å². The van der Waals surface area contributed by atoms with Gasteiger partial charge in [-0.25, -0.2) is 0 Å². The number of aliphatic hydroxyl groups excluding tert-OH is 1. The molecule has 0 aliphatic heterocycles. The maximum atomic E-state index is 9.25. The van der Waals surface area contributed by atoms with E-state index >= 15 is 0 Å². The van der Waals surface area contributed by atoms with E-state index in [0.717, 1.165) is 5.82 Å². The summed E-state index contributed by atoms with van der Waals surface area (Å²) in [6.45, 7) is 1.78. The van der Waals surface area contributed by atoms with Crippen LogP contribution < -0.4 is 0 Å². The van der Waals surface area contributed by atoms with Crippen molar-refractivity contribution in [3.63, 3.8) is 0 Å². The second kappa shape index (κ2) is 6.88. The molecular weight excluding hydrogens is 228 g/mol. The van der Waals surface area contributed by atoms with Gasteiger partial charge in [0.2, 0.25) is 5.89 Å². The van der Waals surface area contributed by atoms with Gasteiger partial charge in [-0.3, -0.25) is 0 Å². The molecule has 0 bridgehead atoms. The van der Waals surface area contributed by atoms with E-state index in [0.29, 0.717) is 24.7 Å². The SMILES string of the molecule is CC(O)CCc1nc(C2CCCCCCC2)no1. The lowest BCUT2D eigenvalue weighted by Gasteiger charge is -2.15. The minimum atomic E-state index is -0.304. The van der Waals surface area contributed by atoms with Gasteiger partial charge in [0.05, 0.1) is 6.10 Å². The van der Waals surface area contributed by atoms with Gasteiger partial charge >= 0.3 is 0 Å². The van der Waals surface area contributed by atoms with Gasteiger partial charge in [-0.1, -0.05) is 37.3 Å². The van der Waals surface area contributed by atoms with Gasteiger partial charge < -0.3 is 9.63 Å². The zero-order valence-electron chi connectivity index (χ0n) is 11.3. The van der Waals surface area contributed by atoms with Crippen LogP contribution in [-0.2, 0) is 6.42 Å². The topological polar surface area (TPSA) is 59.2 Å². The average Bonchev–Trinajstić information content (AvgIpc) is 2.74. The van der Waals surface area contributed by atoms with Gasteiger partial charge in [0, 0.05) is 12.3 Å². The Kier molecular flexibility index (Phi) is 5.17. The van der Waals surface area contributed by atoms with Crippen LogP contribution >= 0.6 is 0 Å². The normalized spacial score (nSPS) is 20.3. The third-order valence-electron chi connectivity index (χ3n) is 3.73. The summed E-state index contributed by atoms with van der Waals surface area (Å²) in [5, 5.41) is 13.4. The summed E-state index contributed by atoms with van der Waals surface area (Å²) in [7, 11) is 0. The number of hydrogen-bond donors (Lipinski definition) is 1. The molecule has 1 heterocycles. The van der Waals surface area contributed by atoms with Crippen molar-refractivity contribution in [3.8, 4) is 0 Å². The van der Waals surface area contributed by atoms with E-state index in [4.69, 9.17) is 4.52 Å². The van der Waals surface area contributed by atoms with Crippen molar-refractivity contribution in [2.75, 3.05) is 0 Å². The number of hydrogen-bond acceptors (Lipinski definition) is 4. The summed E-state index contributed by atoms with van der Waals surface area (Å²) in [4.78, 5) is 4.49. The first-order chi connectivity index (χ1) is 8.75. The Hall–Kier alpha value is -0.900. The Labute approximate surface area is 109 Å². The zero-order chi connectivity index (χ0) is 12.8. The van der Waals surface area contributed by atoms with Crippen LogP contribution in [0.25, 0.3) is 0 Å². The first-order valence-electron chi connectivity index (χ1n) is 7.26. The van der Waals surface area contributed by atoms with Crippen molar-refractivity contribution in [2.24, 2.45) is 0 Å². The molecule has 2 rings (SSSR count). The molecule has 1 unspecified atom stereocenters. The highest BCUT2D eigenvalue weighted by Crippen LogP contribution is 2.29. The molecule has 1 aliphatic carbocycles. The summed E-state index contributed by atoms with van der Waals surface area (Å²) in [6.07, 6.45) is 10.0. The molecule has 1 fully saturated rings. The Morgan fingerprint density at radius 1 is 1.22 bits per heavy atom. The Bertz CT molecular complexity index is 341. The van der Waals surface area contributed by atoms with E-state index in [-0.39, 0.29) is 6.10 Å². The van der Waals surface area contributed by atoms with Crippen molar-refractivity contribution in [2.45, 2.75) is 76.7 Å². The van der Waals surface area contributed by atoms with E-state index in [1.54, 1.807) is 6.92 Å². The fourth-order valence-electron chi connectivity index (χ4n) is 2.58. The van der Waals surface area contributed by atoms with Gasteiger partial charge in [0.15, 0.2) is 5.82 Å². The van der Waals surface area contributed by atoms with Gasteiger partial charge in [-0.2, -0.15) is 4.98 Å². The molecule has 0 saturated heterocycles. The smallest absolute Gasteiger partial charge is 0.226 e. The molecule has 0 radical (unpaired) electrons. The summed E-state index contributed by atoms with van der Waals surface area (Å²) in [5.74, 6) is 2.04. The average molecular weight is 252 g/mol. The fraction of sp³-hybridized carbons (Fsp3) is 0.857. The van der Waals surface area contributed by atoms with Crippen LogP contribution in [0.1, 0.15) is 75.9 Å². The summed E-state index contributed by atoms with van der Waals surface area (Å²) < 4.78 is 5.27.